The van der Waals surface area contributed by atoms with E-state index in [2.05, 4.69) is 21.8 Å². The summed E-state index contributed by atoms with van der Waals surface area (Å²) in [4.78, 5) is 46.2. The lowest BCUT2D eigenvalue weighted by atomic mass is 10.2. The normalized spacial score (nSPS) is 17.7. The van der Waals surface area contributed by atoms with Crippen LogP contribution >= 0.6 is 0 Å². The molecule has 0 radical (unpaired) electrons. The predicted octanol–water partition coefficient (Wildman–Crippen LogP) is -0.669. The van der Waals surface area contributed by atoms with Crippen molar-refractivity contribution in [3.63, 3.8) is 0 Å². The molecular weight excluding hydrogens is 336 g/mol. The largest absolute Gasteiger partial charge is 0.332 e. The fraction of sp³-hybridized carbons (Fsp3) is 0.647. The Labute approximate surface area is 151 Å². The number of hydrogen-bond acceptors (Lipinski definition) is 6. The molecule has 1 unspecified atom stereocenters. The molecule has 1 saturated heterocycles. The van der Waals surface area contributed by atoms with Crippen LogP contribution in [0.3, 0.4) is 0 Å². The third-order valence-electron chi connectivity index (χ3n) is 5.30. The maximum Gasteiger partial charge on any atom is 0.332 e. The van der Waals surface area contributed by atoms with Crippen LogP contribution in [-0.2, 0) is 25.4 Å². The lowest BCUT2D eigenvalue weighted by Crippen LogP contribution is -2.44. The molecule has 0 aliphatic carbocycles. The van der Waals surface area contributed by atoms with Crippen molar-refractivity contribution in [3.8, 4) is 0 Å². The Bertz CT molecular complexity index is 962. The van der Waals surface area contributed by atoms with Gasteiger partial charge in [0.25, 0.3) is 5.56 Å². The molecular formula is C17H26N6O3. The third-order valence-corrected chi connectivity index (χ3v) is 5.30. The predicted molar refractivity (Wildman–Crippen MR) is 98.4 cm³/mol. The fourth-order valence-corrected chi connectivity index (χ4v) is 3.38. The molecule has 26 heavy (non-hydrogen) atoms. The smallest absolute Gasteiger partial charge is 0.311 e. The van der Waals surface area contributed by atoms with Gasteiger partial charge in [-0.1, -0.05) is 0 Å². The summed E-state index contributed by atoms with van der Waals surface area (Å²) in [6, 6.07) is -0.521. The first kappa shape index (κ1) is 18.5. The van der Waals surface area contributed by atoms with Gasteiger partial charge in [-0.05, 0) is 20.9 Å². The molecule has 1 fully saturated rings. The van der Waals surface area contributed by atoms with Gasteiger partial charge in [-0.2, -0.15) is 0 Å². The van der Waals surface area contributed by atoms with E-state index in [0.29, 0.717) is 23.5 Å². The van der Waals surface area contributed by atoms with E-state index in [1.807, 2.05) is 0 Å². The van der Waals surface area contributed by atoms with E-state index >= 15 is 0 Å². The first-order valence-electron chi connectivity index (χ1n) is 8.80. The van der Waals surface area contributed by atoms with Crippen molar-refractivity contribution >= 4 is 16.9 Å². The van der Waals surface area contributed by atoms with Gasteiger partial charge in [0.2, 0.25) is 0 Å². The van der Waals surface area contributed by atoms with Crippen LogP contribution in [0.1, 0.15) is 25.7 Å². The van der Waals surface area contributed by atoms with E-state index in [0.717, 1.165) is 30.7 Å². The van der Waals surface area contributed by atoms with Gasteiger partial charge >= 0.3 is 5.69 Å². The van der Waals surface area contributed by atoms with Crippen LogP contribution in [0.25, 0.3) is 11.2 Å². The third kappa shape index (κ3) is 3.01. The van der Waals surface area contributed by atoms with E-state index in [4.69, 9.17) is 0 Å². The van der Waals surface area contributed by atoms with Crippen molar-refractivity contribution in [3.05, 3.63) is 26.7 Å². The number of Topliss-reactive ketones (excluding diaryl/α,β-unsaturated/α-hetero) is 1. The zero-order valence-electron chi connectivity index (χ0n) is 16.0. The number of ketones is 1. The zero-order chi connectivity index (χ0) is 19.2. The monoisotopic (exact) mass is 362 g/mol. The summed E-state index contributed by atoms with van der Waals surface area (Å²) in [6.45, 7) is 7.52. The number of carbonyl (C=O) groups excluding carboxylic acids is 1. The van der Waals surface area contributed by atoms with Gasteiger partial charge in [0.1, 0.15) is 5.82 Å². The molecule has 3 rings (SSSR count). The quantitative estimate of drug-likeness (QED) is 0.717. The molecule has 142 valence electrons. The number of rotatable bonds is 4. The van der Waals surface area contributed by atoms with Crippen molar-refractivity contribution in [2.75, 3.05) is 33.2 Å². The standard InChI is InChI=1S/C17H26N6O3/c1-11(12(2)24)23-13(10-22-8-6-19(3)7-9-22)18-15-14(23)16(25)21(5)17(26)20(15)4/h11H,6-10H2,1-5H3. The van der Waals surface area contributed by atoms with Crippen LogP contribution in [0, 0.1) is 0 Å². The number of nitrogens with zero attached hydrogens (tertiary/aromatic N) is 6. The Morgan fingerprint density at radius 3 is 2.27 bits per heavy atom. The number of aromatic nitrogens is 4. The highest BCUT2D eigenvalue weighted by Gasteiger charge is 2.26. The Kier molecular flexibility index (Phi) is 4.85. The van der Waals surface area contributed by atoms with Crippen molar-refractivity contribution in [2.45, 2.75) is 26.4 Å². The highest BCUT2D eigenvalue weighted by molar-refractivity contribution is 5.82. The van der Waals surface area contributed by atoms with Gasteiger partial charge < -0.3 is 9.47 Å². The summed E-state index contributed by atoms with van der Waals surface area (Å²) >= 11 is 0. The molecule has 0 bridgehead atoms. The molecule has 2 aromatic rings. The maximum absolute atomic E-state index is 12.8. The minimum Gasteiger partial charge on any atom is -0.311 e. The molecule has 9 heteroatoms. The van der Waals surface area contributed by atoms with Crippen molar-refractivity contribution < 1.29 is 4.79 Å². The first-order chi connectivity index (χ1) is 12.2. The number of hydrogen-bond donors (Lipinski definition) is 0. The van der Waals surface area contributed by atoms with Crippen molar-refractivity contribution in [1.82, 2.24) is 28.5 Å². The summed E-state index contributed by atoms with van der Waals surface area (Å²) in [7, 11) is 5.13. The molecule has 0 N–H and O–H groups in total. The first-order valence-corrected chi connectivity index (χ1v) is 8.80. The van der Waals surface area contributed by atoms with E-state index < -0.39 is 17.3 Å². The minimum absolute atomic E-state index is 0.0557. The highest BCUT2D eigenvalue weighted by Crippen LogP contribution is 2.20. The zero-order valence-corrected chi connectivity index (χ0v) is 16.0. The number of aryl methyl sites for hydroxylation is 1. The molecule has 0 saturated carbocycles. The van der Waals surface area contributed by atoms with Crippen LogP contribution in [0.2, 0.25) is 0 Å². The number of piperazine rings is 1. The molecule has 2 aromatic heterocycles. The fourth-order valence-electron chi connectivity index (χ4n) is 3.38. The van der Waals surface area contributed by atoms with Gasteiger partial charge in [-0.3, -0.25) is 23.6 Å². The van der Waals surface area contributed by atoms with E-state index in [1.165, 1.54) is 18.5 Å². The van der Waals surface area contributed by atoms with Crippen molar-refractivity contribution in [1.29, 1.82) is 0 Å². The van der Waals surface area contributed by atoms with E-state index in [1.54, 1.807) is 18.5 Å². The van der Waals surface area contributed by atoms with Gasteiger partial charge in [-0.25, -0.2) is 9.78 Å². The molecule has 1 atom stereocenters. The molecule has 0 amide bonds. The second-order valence-corrected chi connectivity index (χ2v) is 7.14. The summed E-state index contributed by atoms with van der Waals surface area (Å²) in [6.07, 6.45) is 0. The topological polar surface area (TPSA) is 85.4 Å². The lowest BCUT2D eigenvalue weighted by Gasteiger charge is -2.32. The van der Waals surface area contributed by atoms with Gasteiger partial charge in [0.15, 0.2) is 16.9 Å². The molecule has 3 heterocycles. The SMILES string of the molecule is CC(=O)C(C)n1c(CN2CCN(C)CC2)nc2c1c(=O)n(C)c(=O)n2C. The lowest BCUT2D eigenvalue weighted by molar-refractivity contribution is -0.119. The van der Waals surface area contributed by atoms with E-state index in [-0.39, 0.29) is 5.78 Å². The Morgan fingerprint density at radius 1 is 1.08 bits per heavy atom. The van der Waals surface area contributed by atoms with E-state index in [9.17, 15) is 14.4 Å². The molecule has 1 aliphatic heterocycles. The molecule has 9 nitrogen and oxygen atoms in total. The second kappa shape index (κ2) is 6.81. The van der Waals surface area contributed by atoms with Crippen LogP contribution in [0.4, 0.5) is 0 Å². The summed E-state index contributed by atoms with van der Waals surface area (Å²) in [5.74, 6) is 0.588. The Hall–Kier alpha value is -2.26. The highest BCUT2D eigenvalue weighted by atomic mass is 16.2. The van der Waals surface area contributed by atoms with Crippen molar-refractivity contribution in [2.24, 2.45) is 14.1 Å². The van der Waals surface area contributed by atoms with Gasteiger partial charge in [0.05, 0.1) is 12.6 Å². The number of likely N-dealkylation sites (N-methyl/N-ethyl adjacent to an activating group) is 1. The number of carbonyl (C=O) groups is 1. The molecule has 0 spiro atoms. The Balaban J connectivity index is 2.18. The van der Waals surface area contributed by atoms with Crippen LogP contribution < -0.4 is 11.2 Å². The van der Waals surface area contributed by atoms with Crippen LogP contribution in [0.15, 0.2) is 9.59 Å². The molecule has 1 aliphatic rings. The summed E-state index contributed by atoms with van der Waals surface area (Å²) < 4.78 is 4.14. The van der Waals surface area contributed by atoms with Crippen LogP contribution in [0.5, 0.6) is 0 Å². The average molecular weight is 362 g/mol. The molecule has 0 aromatic carbocycles. The second-order valence-electron chi connectivity index (χ2n) is 7.14. The summed E-state index contributed by atoms with van der Waals surface area (Å²) in [5.41, 5.74) is -0.209. The van der Waals surface area contributed by atoms with Crippen LogP contribution in [-0.4, -0.2) is 67.5 Å². The van der Waals surface area contributed by atoms with Gasteiger partial charge in [0, 0.05) is 40.3 Å². The average Bonchev–Trinajstić information content (AvgIpc) is 2.98. The Morgan fingerprint density at radius 2 is 1.69 bits per heavy atom. The number of imidazole rings is 1. The minimum atomic E-state index is -0.521. The summed E-state index contributed by atoms with van der Waals surface area (Å²) in [5, 5.41) is 0. The maximum atomic E-state index is 12.8. The number of fused-ring (bicyclic) bond motifs is 1. The van der Waals surface area contributed by atoms with Gasteiger partial charge in [-0.15, -0.1) is 0 Å².